The number of hydrogen-bond donors (Lipinski definition) is 1. The summed E-state index contributed by atoms with van der Waals surface area (Å²) < 4.78 is 6.13. The molecule has 0 radical (unpaired) electrons. The van der Waals surface area contributed by atoms with Crippen LogP contribution in [0.1, 0.15) is 43.0 Å². The molecule has 0 aromatic heterocycles. The van der Waals surface area contributed by atoms with Gasteiger partial charge in [0.15, 0.2) is 6.10 Å². The Hall–Kier alpha value is -3.60. The number of benzene rings is 3. The first kappa shape index (κ1) is 21.6. The van der Waals surface area contributed by atoms with Gasteiger partial charge in [0, 0.05) is 19.2 Å². The van der Waals surface area contributed by atoms with Gasteiger partial charge in [-0.05, 0) is 53.8 Å². The molecule has 3 aromatic carbocycles. The van der Waals surface area contributed by atoms with Gasteiger partial charge in [-0.1, -0.05) is 61.5 Å². The molecule has 1 aliphatic heterocycles. The third-order valence-electron chi connectivity index (χ3n) is 5.85. The van der Waals surface area contributed by atoms with Crippen molar-refractivity contribution in [2.45, 2.75) is 38.8 Å². The second kappa shape index (κ2) is 9.69. The van der Waals surface area contributed by atoms with E-state index in [1.54, 1.807) is 6.92 Å². The minimum atomic E-state index is -0.615. The van der Waals surface area contributed by atoms with Gasteiger partial charge in [0.2, 0.25) is 5.91 Å². The number of ether oxygens (including phenoxy) is 1. The van der Waals surface area contributed by atoms with Crippen LogP contribution < -0.4 is 10.1 Å². The molecule has 0 saturated carbocycles. The van der Waals surface area contributed by atoms with Gasteiger partial charge in [0.05, 0.1) is 6.04 Å². The molecule has 1 aliphatic rings. The molecule has 5 nitrogen and oxygen atoms in total. The van der Waals surface area contributed by atoms with Gasteiger partial charge in [0.25, 0.3) is 5.91 Å². The van der Waals surface area contributed by atoms with E-state index in [1.807, 2.05) is 84.6 Å². The molecule has 3 aromatic rings. The van der Waals surface area contributed by atoms with E-state index in [2.05, 4.69) is 11.4 Å². The van der Waals surface area contributed by atoms with Crippen molar-refractivity contribution in [3.8, 4) is 5.75 Å². The molecular weight excluding hydrogens is 400 g/mol. The molecule has 164 valence electrons. The summed E-state index contributed by atoms with van der Waals surface area (Å²) in [5.74, 6) is 0.496. The SMILES string of the molecule is CCC(Oc1ccc2c(c1)C(c1ccccc1)N(C(C)=O)CC2)C(=O)Nc1ccccc1. The van der Waals surface area contributed by atoms with Gasteiger partial charge in [0.1, 0.15) is 5.75 Å². The van der Waals surface area contributed by atoms with Crippen molar-refractivity contribution in [2.75, 3.05) is 11.9 Å². The zero-order chi connectivity index (χ0) is 22.5. The topological polar surface area (TPSA) is 58.6 Å². The Morgan fingerprint density at radius 1 is 1.03 bits per heavy atom. The van der Waals surface area contributed by atoms with Gasteiger partial charge in [-0.2, -0.15) is 0 Å². The maximum atomic E-state index is 12.8. The minimum absolute atomic E-state index is 0.0458. The van der Waals surface area contributed by atoms with Crippen LogP contribution in [0, 0.1) is 0 Å². The summed E-state index contributed by atoms with van der Waals surface area (Å²) in [6.45, 7) is 4.22. The monoisotopic (exact) mass is 428 g/mol. The van der Waals surface area contributed by atoms with E-state index in [0.717, 1.165) is 23.2 Å². The number of fused-ring (bicyclic) bond motifs is 1. The van der Waals surface area contributed by atoms with Crippen LogP contribution in [0.15, 0.2) is 78.9 Å². The largest absolute Gasteiger partial charge is 0.481 e. The van der Waals surface area contributed by atoms with E-state index < -0.39 is 6.10 Å². The predicted molar refractivity (Wildman–Crippen MR) is 126 cm³/mol. The number of anilines is 1. The molecule has 0 bridgehead atoms. The molecule has 0 fully saturated rings. The normalized spacial score (nSPS) is 16.1. The van der Waals surface area contributed by atoms with Crippen LogP contribution in [0.4, 0.5) is 5.69 Å². The number of hydrogen-bond acceptors (Lipinski definition) is 3. The fourth-order valence-electron chi connectivity index (χ4n) is 4.23. The highest BCUT2D eigenvalue weighted by molar-refractivity contribution is 5.94. The van der Waals surface area contributed by atoms with E-state index in [1.165, 1.54) is 5.56 Å². The van der Waals surface area contributed by atoms with Gasteiger partial charge < -0.3 is 15.0 Å². The molecule has 32 heavy (non-hydrogen) atoms. The molecule has 1 heterocycles. The van der Waals surface area contributed by atoms with Crippen LogP contribution in [0.25, 0.3) is 0 Å². The molecule has 5 heteroatoms. The molecule has 0 saturated heterocycles. The average Bonchev–Trinajstić information content (AvgIpc) is 2.82. The highest BCUT2D eigenvalue weighted by atomic mass is 16.5. The molecule has 2 unspecified atom stereocenters. The molecule has 1 N–H and O–H groups in total. The highest BCUT2D eigenvalue weighted by Crippen LogP contribution is 2.37. The lowest BCUT2D eigenvalue weighted by molar-refractivity contribution is -0.130. The predicted octanol–water partition coefficient (Wildman–Crippen LogP) is 4.98. The highest BCUT2D eigenvalue weighted by Gasteiger charge is 2.31. The molecule has 2 atom stereocenters. The summed E-state index contributed by atoms with van der Waals surface area (Å²) in [5, 5.41) is 2.92. The summed E-state index contributed by atoms with van der Waals surface area (Å²) in [7, 11) is 0. The van der Waals surface area contributed by atoms with Crippen molar-refractivity contribution >= 4 is 17.5 Å². The Morgan fingerprint density at radius 3 is 2.38 bits per heavy atom. The van der Waals surface area contributed by atoms with E-state index >= 15 is 0 Å². The lowest BCUT2D eigenvalue weighted by Gasteiger charge is -2.37. The number of rotatable bonds is 6. The van der Waals surface area contributed by atoms with Crippen molar-refractivity contribution in [3.05, 3.63) is 95.6 Å². The zero-order valence-electron chi connectivity index (χ0n) is 18.5. The quantitative estimate of drug-likeness (QED) is 0.603. The van der Waals surface area contributed by atoms with Crippen molar-refractivity contribution in [3.63, 3.8) is 0 Å². The number of carbonyl (C=O) groups is 2. The standard InChI is InChI=1S/C27H28N2O3/c1-3-25(27(31)28-22-12-8-5-9-13-22)32-23-15-14-20-16-17-29(19(2)30)26(24(20)18-23)21-10-6-4-7-11-21/h4-15,18,25-26H,3,16-17H2,1-2H3,(H,28,31). The molecule has 0 spiro atoms. The van der Waals surface area contributed by atoms with Gasteiger partial charge in [-0.25, -0.2) is 0 Å². The number of carbonyl (C=O) groups excluding carboxylic acids is 2. The molecule has 0 aliphatic carbocycles. The Labute approximate surface area is 189 Å². The summed E-state index contributed by atoms with van der Waals surface area (Å²) in [5.41, 5.74) is 4.06. The molecule has 2 amide bonds. The fourth-order valence-corrected chi connectivity index (χ4v) is 4.23. The van der Waals surface area contributed by atoms with Crippen LogP contribution in [-0.2, 0) is 16.0 Å². The lowest BCUT2D eigenvalue weighted by Crippen LogP contribution is -2.39. The van der Waals surface area contributed by atoms with Crippen LogP contribution >= 0.6 is 0 Å². The van der Waals surface area contributed by atoms with Crippen LogP contribution in [0.2, 0.25) is 0 Å². The van der Waals surface area contributed by atoms with Gasteiger partial charge in [-0.3, -0.25) is 9.59 Å². The van der Waals surface area contributed by atoms with Crippen molar-refractivity contribution in [1.82, 2.24) is 4.90 Å². The van der Waals surface area contributed by atoms with Gasteiger partial charge >= 0.3 is 0 Å². The fraction of sp³-hybridized carbons (Fsp3) is 0.259. The van der Waals surface area contributed by atoms with Crippen molar-refractivity contribution in [2.24, 2.45) is 0 Å². The third kappa shape index (κ3) is 4.67. The van der Waals surface area contributed by atoms with Crippen LogP contribution in [0.3, 0.4) is 0 Å². The first-order valence-corrected chi connectivity index (χ1v) is 11.0. The van der Waals surface area contributed by atoms with Gasteiger partial charge in [-0.15, -0.1) is 0 Å². The second-order valence-corrected chi connectivity index (χ2v) is 8.01. The lowest BCUT2D eigenvalue weighted by atomic mass is 9.88. The Morgan fingerprint density at radius 2 is 1.72 bits per heavy atom. The zero-order valence-corrected chi connectivity index (χ0v) is 18.5. The second-order valence-electron chi connectivity index (χ2n) is 8.01. The average molecular weight is 429 g/mol. The van der Waals surface area contributed by atoms with E-state index in [-0.39, 0.29) is 17.9 Å². The smallest absolute Gasteiger partial charge is 0.265 e. The van der Waals surface area contributed by atoms with Crippen LogP contribution in [0.5, 0.6) is 5.75 Å². The summed E-state index contributed by atoms with van der Waals surface area (Å²) in [4.78, 5) is 27.1. The number of amides is 2. The van der Waals surface area contributed by atoms with E-state index in [4.69, 9.17) is 4.74 Å². The van der Waals surface area contributed by atoms with E-state index in [9.17, 15) is 9.59 Å². The molecule has 4 rings (SSSR count). The Kier molecular flexibility index (Phi) is 6.55. The Balaban J connectivity index is 1.61. The third-order valence-corrected chi connectivity index (χ3v) is 5.85. The minimum Gasteiger partial charge on any atom is -0.481 e. The first-order valence-electron chi connectivity index (χ1n) is 11.0. The Bertz CT molecular complexity index is 1080. The summed E-state index contributed by atoms with van der Waals surface area (Å²) in [6.07, 6.45) is 0.720. The first-order chi connectivity index (χ1) is 15.6. The van der Waals surface area contributed by atoms with E-state index in [0.29, 0.717) is 18.7 Å². The van der Waals surface area contributed by atoms with Crippen molar-refractivity contribution in [1.29, 1.82) is 0 Å². The van der Waals surface area contributed by atoms with Crippen molar-refractivity contribution < 1.29 is 14.3 Å². The maximum absolute atomic E-state index is 12.8. The number of para-hydroxylation sites is 1. The summed E-state index contributed by atoms with van der Waals surface area (Å²) >= 11 is 0. The maximum Gasteiger partial charge on any atom is 0.265 e. The van der Waals surface area contributed by atoms with Crippen LogP contribution in [-0.4, -0.2) is 29.4 Å². The number of nitrogens with one attached hydrogen (secondary N) is 1. The number of nitrogens with zero attached hydrogens (tertiary/aromatic N) is 1. The summed E-state index contributed by atoms with van der Waals surface area (Å²) in [6, 6.07) is 25.2. The molecular formula is C27H28N2O3.